The van der Waals surface area contributed by atoms with Gasteiger partial charge in [0.25, 0.3) is 0 Å². The van der Waals surface area contributed by atoms with Crippen LogP contribution >= 0.6 is 7.92 Å². The number of benzene rings is 3. The molecule has 0 saturated carbocycles. The number of hydrogen-bond acceptors (Lipinski definition) is 1. The lowest BCUT2D eigenvalue weighted by Crippen LogP contribution is -2.20. The maximum absolute atomic E-state index is 9.25. The van der Waals surface area contributed by atoms with Gasteiger partial charge in [-0.25, -0.2) is 4.79 Å². The molecule has 0 radical (unpaired) electrons. The Balaban J connectivity index is 0.000000368. The third-order valence-corrected chi connectivity index (χ3v) is 5.66. The maximum atomic E-state index is 9.25. The highest BCUT2D eigenvalue weighted by atomic mass is 31.1. The van der Waals surface area contributed by atoms with Crippen LogP contribution in [0, 0.1) is 0 Å². The first-order valence-corrected chi connectivity index (χ1v) is 8.87. The first-order valence-electron chi connectivity index (χ1n) is 7.53. The molecule has 0 aliphatic heterocycles. The SMILES string of the molecule is C=CC(=O)O.c1ccc(P(c2ccccc2)c2ccccc2)cc1. The first kappa shape index (κ1) is 17.7. The van der Waals surface area contributed by atoms with E-state index < -0.39 is 13.9 Å². The Kier molecular flexibility index (Phi) is 6.94. The fourth-order valence-corrected chi connectivity index (χ4v) is 4.48. The molecule has 3 aromatic rings. The van der Waals surface area contributed by atoms with Gasteiger partial charge in [-0.3, -0.25) is 0 Å². The number of carboxylic acids is 1. The molecule has 3 rings (SSSR count). The largest absolute Gasteiger partial charge is 0.478 e. The van der Waals surface area contributed by atoms with Gasteiger partial charge in [0.2, 0.25) is 0 Å². The van der Waals surface area contributed by atoms with Gasteiger partial charge in [-0.2, -0.15) is 0 Å². The standard InChI is InChI=1S/C18H15P.C3H4O2/c1-4-10-16(11-5-1)19(17-12-6-2-7-13-17)18-14-8-3-9-15-18;1-2-3(4)5/h1-15H;2H,1H2,(H,4,5). The second-order valence-corrected chi connectivity index (χ2v) is 7.10. The van der Waals surface area contributed by atoms with Crippen molar-refractivity contribution in [1.82, 2.24) is 0 Å². The molecule has 2 nitrogen and oxygen atoms in total. The average molecular weight is 334 g/mol. The van der Waals surface area contributed by atoms with E-state index in [-0.39, 0.29) is 0 Å². The molecule has 120 valence electrons. The molecule has 0 aliphatic rings. The van der Waals surface area contributed by atoms with Crippen molar-refractivity contribution < 1.29 is 9.90 Å². The van der Waals surface area contributed by atoms with E-state index in [2.05, 4.69) is 97.6 Å². The van der Waals surface area contributed by atoms with E-state index >= 15 is 0 Å². The Morgan fingerprint density at radius 2 is 0.958 bits per heavy atom. The third-order valence-electron chi connectivity index (χ3n) is 3.22. The van der Waals surface area contributed by atoms with Crippen LogP contribution in [0.2, 0.25) is 0 Å². The van der Waals surface area contributed by atoms with Gasteiger partial charge in [0, 0.05) is 6.08 Å². The van der Waals surface area contributed by atoms with E-state index in [1.54, 1.807) is 0 Å². The van der Waals surface area contributed by atoms with Crippen molar-refractivity contribution in [1.29, 1.82) is 0 Å². The zero-order valence-corrected chi connectivity index (χ0v) is 14.1. The van der Waals surface area contributed by atoms with Crippen LogP contribution in [-0.4, -0.2) is 11.1 Å². The van der Waals surface area contributed by atoms with Crippen LogP contribution in [-0.2, 0) is 4.79 Å². The van der Waals surface area contributed by atoms with Crippen molar-refractivity contribution in [3.8, 4) is 0 Å². The van der Waals surface area contributed by atoms with Crippen LogP contribution < -0.4 is 15.9 Å². The molecular formula is C21H19O2P. The molecule has 0 atom stereocenters. The smallest absolute Gasteiger partial charge is 0.327 e. The lowest BCUT2D eigenvalue weighted by Gasteiger charge is -2.18. The van der Waals surface area contributed by atoms with Gasteiger partial charge < -0.3 is 5.11 Å². The second-order valence-electron chi connectivity index (χ2n) is 4.88. The summed E-state index contributed by atoms with van der Waals surface area (Å²) in [7, 11) is -0.446. The van der Waals surface area contributed by atoms with E-state index in [0.29, 0.717) is 0 Å². The summed E-state index contributed by atoms with van der Waals surface area (Å²) in [5.74, 6) is -0.981. The monoisotopic (exact) mass is 334 g/mol. The molecule has 0 amide bonds. The van der Waals surface area contributed by atoms with E-state index in [0.717, 1.165) is 6.08 Å². The molecule has 0 unspecified atom stereocenters. The lowest BCUT2D eigenvalue weighted by molar-refractivity contribution is -0.131. The predicted octanol–water partition coefficient (Wildman–Crippen LogP) is 3.70. The quantitative estimate of drug-likeness (QED) is 0.583. The van der Waals surface area contributed by atoms with Gasteiger partial charge in [-0.15, -0.1) is 0 Å². The van der Waals surface area contributed by atoms with Gasteiger partial charge in [-0.05, 0) is 23.8 Å². The van der Waals surface area contributed by atoms with Gasteiger partial charge in [0.15, 0.2) is 0 Å². The molecule has 0 fully saturated rings. The van der Waals surface area contributed by atoms with Crippen molar-refractivity contribution in [2.75, 3.05) is 0 Å². The molecule has 1 N–H and O–H groups in total. The lowest BCUT2D eigenvalue weighted by atomic mass is 10.4. The van der Waals surface area contributed by atoms with E-state index in [1.165, 1.54) is 15.9 Å². The fourth-order valence-electron chi connectivity index (χ4n) is 2.18. The number of aliphatic carboxylic acids is 1. The zero-order chi connectivity index (χ0) is 17.2. The Labute approximate surface area is 143 Å². The number of rotatable bonds is 4. The molecule has 0 heterocycles. The van der Waals surface area contributed by atoms with Crippen LogP contribution in [0.5, 0.6) is 0 Å². The molecule has 0 aliphatic carbocycles. The Morgan fingerprint density at radius 1 is 0.708 bits per heavy atom. The molecule has 3 aromatic carbocycles. The summed E-state index contributed by atoms with van der Waals surface area (Å²) in [5.41, 5.74) is 0. The zero-order valence-electron chi connectivity index (χ0n) is 13.2. The summed E-state index contributed by atoms with van der Waals surface area (Å²) >= 11 is 0. The van der Waals surface area contributed by atoms with Crippen molar-refractivity contribution in [2.24, 2.45) is 0 Å². The normalized spacial score (nSPS) is 9.71. The summed E-state index contributed by atoms with van der Waals surface area (Å²) in [4.78, 5) is 9.25. The molecule has 0 bridgehead atoms. The van der Waals surface area contributed by atoms with Crippen LogP contribution in [0.3, 0.4) is 0 Å². The van der Waals surface area contributed by atoms with Crippen LogP contribution in [0.1, 0.15) is 0 Å². The molecule has 0 aromatic heterocycles. The van der Waals surface area contributed by atoms with Crippen molar-refractivity contribution in [3.63, 3.8) is 0 Å². The predicted molar refractivity (Wildman–Crippen MR) is 103 cm³/mol. The van der Waals surface area contributed by atoms with Gasteiger partial charge in [-0.1, -0.05) is 97.6 Å². The topological polar surface area (TPSA) is 37.3 Å². The van der Waals surface area contributed by atoms with E-state index in [4.69, 9.17) is 5.11 Å². The summed E-state index contributed by atoms with van der Waals surface area (Å²) < 4.78 is 0. The maximum Gasteiger partial charge on any atom is 0.327 e. The number of carboxylic acid groups (broad SMARTS) is 1. The fraction of sp³-hybridized carbons (Fsp3) is 0. The minimum absolute atomic E-state index is 0.446. The van der Waals surface area contributed by atoms with Crippen molar-refractivity contribution >= 4 is 29.8 Å². The Morgan fingerprint density at radius 3 is 1.17 bits per heavy atom. The number of hydrogen-bond donors (Lipinski definition) is 1. The van der Waals surface area contributed by atoms with E-state index in [1.807, 2.05) is 0 Å². The number of carbonyl (C=O) groups is 1. The summed E-state index contributed by atoms with van der Waals surface area (Å²) in [6.45, 7) is 2.96. The van der Waals surface area contributed by atoms with Crippen LogP contribution in [0.25, 0.3) is 0 Å². The van der Waals surface area contributed by atoms with Crippen LogP contribution in [0.4, 0.5) is 0 Å². The molecule has 3 heteroatoms. The molecule has 0 saturated heterocycles. The highest BCUT2D eigenvalue weighted by Gasteiger charge is 2.14. The summed E-state index contributed by atoms with van der Waals surface area (Å²) in [6, 6.07) is 32.3. The van der Waals surface area contributed by atoms with E-state index in [9.17, 15) is 4.79 Å². The minimum atomic E-state index is -0.981. The summed E-state index contributed by atoms with van der Waals surface area (Å²) in [6.07, 6.45) is 0.833. The minimum Gasteiger partial charge on any atom is -0.478 e. The van der Waals surface area contributed by atoms with Gasteiger partial charge >= 0.3 is 5.97 Å². The molecule has 24 heavy (non-hydrogen) atoms. The van der Waals surface area contributed by atoms with Gasteiger partial charge in [0.1, 0.15) is 0 Å². The average Bonchev–Trinajstić information content (AvgIpc) is 2.65. The third kappa shape index (κ3) is 5.19. The first-order chi connectivity index (χ1) is 11.7. The molecule has 0 spiro atoms. The Bertz CT molecular complexity index is 662. The summed E-state index contributed by atoms with van der Waals surface area (Å²) in [5, 5.41) is 11.8. The highest BCUT2D eigenvalue weighted by molar-refractivity contribution is 7.79. The van der Waals surface area contributed by atoms with Crippen LogP contribution in [0.15, 0.2) is 104 Å². The van der Waals surface area contributed by atoms with Gasteiger partial charge in [0.05, 0.1) is 0 Å². The highest BCUT2D eigenvalue weighted by Crippen LogP contribution is 2.32. The second kappa shape index (κ2) is 9.44. The van der Waals surface area contributed by atoms with Crippen molar-refractivity contribution in [2.45, 2.75) is 0 Å². The Hall–Kier alpha value is -2.70. The van der Waals surface area contributed by atoms with Crippen molar-refractivity contribution in [3.05, 3.63) is 104 Å². The molecular weight excluding hydrogens is 315 g/mol.